The summed E-state index contributed by atoms with van der Waals surface area (Å²) in [5, 5.41) is 10.6. The van der Waals surface area contributed by atoms with Crippen LogP contribution in [0.2, 0.25) is 0 Å². The predicted octanol–water partition coefficient (Wildman–Crippen LogP) is 3.09. The van der Waals surface area contributed by atoms with Crippen molar-refractivity contribution in [2.75, 3.05) is 0 Å². The molecule has 0 aliphatic heterocycles. The molecule has 0 amide bonds. The van der Waals surface area contributed by atoms with Crippen LogP contribution in [-0.4, -0.2) is 4.92 Å². The van der Waals surface area contributed by atoms with Crippen molar-refractivity contribution in [2.24, 2.45) is 5.73 Å². The Balaban J connectivity index is 3.81. The lowest BCUT2D eigenvalue weighted by Crippen LogP contribution is -2.20. The molecule has 2 N–H and O–H groups in total. The van der Waals surface area contributed by atoms with Crippen molar-refractivity contribution in [3.05, 3.63) is 38.9 Å². The van der Waals surface area contributed by atoms with Crippen LogP contribution in [0.25, 0.3) is 0 Å². The first-order chi connectivity index (χ1) is 8.50. The molecule has 0 aromatic heterocycles. The van der Waals surface area contributed by atoms with E-state index in [0.29, 0.717) is 6.07 Å². The van der Waals surface area contributed by atoms with Gasteiger partial charge in [-0.15, -0.1) is 0 Å². The van der Waals surface area contributed by atoms with Crippen molar-refractivity contribution in [1.29, 1.82) is 0 Å². The van der Waals surface area contributed by atoms with E-state index in [2.05, 4.69) is 0 Å². The van der Waals surface area contributed by atoms with E-state index in [4.69, 9.17) is 5.73 Å². The van der Waals surface area contributed by atoms with Crippen LogP contribution in [0.3, 0.4) is 0 Å². The Labute approximate surface area is 102 Å². The Kier molecular flexibility index (Phi) is 3.75. The maximum absolute atomic E-state index is 12.7. The summed E-state index contributed by atoms with van der Waals surface area (Å²) in [6, 6.07) is 0.703. The molecule has 0 bridgehead atoms. The number of nitrogens with two attached hydrogens (primary N) is 1. The number of hydrogen-bond donors (Lipinski definition) is 1. The van der Waals surface area contributed by atoms with Crippen LogP contribution >= 0.6 is 0 Å². The minimum atomic E-state index is -5.52. The van der Waals surface area contributed by atoms with Gasteiger partial charge in [-0.1, -0.05) is 6.07 Å². The van der Waals surface area contributed by atoms with Crippen molar-refractivity contribution in [1.82, 2.24) is 0 Å². The van der Waals surface area contributed by atoms with Crippen LogP contribution in [0.15, 0.2) is 12.1 Å². The van der Waals surface area contributed by atoms with E-state index in [1.165, 1.54) is 0 Å². The normalized spacial score (nSPS) is 12.6. The molecule has 1 aromatic rings. The van der Waals surface area contributed by atoms with E-state index >= 15 is 0 Å². The number of alkyl halides is 6. The zero-order valence-corrected chi connectivity index (χ0v) is 8.97. The Bertz CT molecular complexity index is 509. The molecule has 106 valence electrons. The summed E-state index contributed by atoms with van der Waals surface area (Å²) in [7, 11) is 0. The molecular formula is C9H6F6N2O2. The van der Waals surface area contributed by atoms with E-state index < -0.39 is 46.2 Å². The smallest absolute Gasteiger partial charge is 0.326 e. The minimum Gasteiger partial charge on any atom is -0.326 e. The Morgan fingerprint density at radius 2 is 1.63 bits per heavy atom. The third kappa shape index (κ3) is 2.95. The van der Waals surface area contributed by atoms with Gasteiger partial charge in [-0.05, 0) is 6.07 Å². The molecule has 0 fully saturated rings. The molecule has 0 heterocycles. The largest absolute Gasteiger partial charge is 0.423 e. The highest BCUT2D eigenvalue weighted by atomic mass is 19.4. The molecule has 0 unspecified atom stereocenters. The fourth-order valence-corrected chi connectivity index (χ4v) is 1.53. The number of benzene rings is 1. The lowest BCUT2D eigenvalue weighted by molar-refractivity contribution is -0.389. The maximum atomic E-state index is 12.7. The van der Waals surface area contributed by atoms with Crippen LogP contribution in [-0.2, 0) is 18.9 Å². The Hall–Kier alpha value is -1.84. The first kappa shape index (κ1) is 15.2. The predicted molar refractivity (Wildman–Crippen MR) is 51.0 cm³/mol. The van der Waals surface area contributed by atoms with Crippen LogP contribution in [0, 0.1) is 10.1 Å². The van der Waals surface area contributed by atoms with Crippen molar-refractivity contribution >= 4 is 5.69 Å². The number of nitrogens with zero attached hydrogens (tertiary/aromatic N) is 1. The molecule has 1 rings (SSSR count). The Morgan fingerprint density at radius 3 is 1.95 bits per heavy atom. The van der Waals surface area contributed by atoms with E-state index in [0.717, 1.165) is 0 Å². The number of hydrogen-bond acceptors (Lipinski definition) is 3. The summed E-state index contributed by atoms with van der Waals surface area (Å²) in [6.07, 6.45) is -10.9. The molecule has 19 heavy (non-hydrogen) atoms. The summed E-state index contributed by atoms with van der Waals surface area (Å²) in [6.45, 7) is -0.683. The second kappa shape index (κ2) is 4.68. The second-order valence-electron chi connectivity index (χ2n) is 3.45. The lowest BCUT2D eigenvalue weighted by Gasteiger charge is -2.16. The SMILES string of the molecule is NCc1ccc(C(F)(F)F)c(C(F)(F)F)c1[N+](=O)[O-]. The summed E-state index contributed by atoms with van der Waals surface area (Å²) in [5.74, 6) is 0. The van der Waals surface area contributed by atoms with E-state index in [9.17, 15) is 36.5 Å². The molecule has 0 saturated carbocycles. The fourth-order valence-electron chi connectivity index (χ4n) is 1.53. The molecule has 0 saturated heterocycles. The summed E-state index contributed by atoms with van der Waals surface area (Å²) in [4.78, 5) is 9.10. The third-order valence-corrected chi connectivity index (χ3v) is 2.25. The fraction of sp³-hybridized carbons (Fsp3) is 0.333. The molecule has 0 radical (unpaired) electrons. The van der Waals surface area contributed by atoms with Gasteiger partial charge in [0.25, 0.3) is 5.69 Å². The number of rotatable bonds is 2. The van der Waals surface area contributed by atoms with Gasteiger partial charge in [0.15, 0.2) is 0 Å². The molecule has 10 heteroatoms. The first-order valence-corrected chi connectivity index (χ1v) is 4.65. The van der Waals surface area contributed by atoms with Crippen LogP contribution < -0.4 is 5.73 Å². The van der Waals surface area contributed by atoms with Crippen molar-refractivity contribution in [3.8, 4) is 0 Å². The second-order valence-corrected chi connectivity index (χ2v) is 3.45. The van der Waals surface area contributed by atoms with Gasteiger partial charge in [-0.25, -0.2) is 0 Å². The van der Waals surface area contributed by atoms with E-state index in [-0.39, 0.29) is 6.07 Å². The highest BCUT2D eigenvalue weighted by Crippen LogP contribution is 2.45. The van der Waals surface area contributed by atoms with Gasteiger partial charge >= 0.3 is 12.4 Å². The molecule has 0 aliphatic rings. The van der Waals surface area contributed by atoms with Crippen LogP contribution in [0.1, 0.15) is 16.7 Å². The summed E-state index contributed by atoms with van der Waals surface area (Å²) < 4.78 is 75.5. The van der Waals surface area contributed by atoms with Crippen molar-refractivity contribution in [3.63, 3.8) is 0 Å². The molecule has 0 spiro atoms. The highest BCUT2D eigenvalue weighted by Gasteiger charge is 2.49. The summed E-state index contributed by atoms with van der Waals surface area (Å²) in [5.41, 5.74) is -1.71. The summed E-state index contributed by atoms with van der Waals surface area (Å²) >= 11 is 0. The van der Waals surface area contributed by atoms with E-state index in [1.54, 1.807) is 0 Å². The zero-order valence-electron chi connectivity index (χ0n) is 8.97. The van der Waals surface area contributed by atoms with Gasteiger partial charge in [-0.3, -0.25) is 10.1 Å². The number of nitro benzene ring substituents is 1. The van der Waals surface area contributed by atoms with Gasteiger partial charge in [0.05, 0.1) is 10.5 Å². The number of halogens is 6. The van der Waals surface area contributed by atoms with Gasteiger partial charge in [0.2, 0.25) is 0 Å². The van der Waals surface area contributed by atoms with Gasteiger partial charge in [-0.2, -0.15) is 26.3 Å². The molecular weight excluding hydrogens is 282 g/mol. The van der Waals surface area contributed by atoms with Crippen LogP contribution in [0.5, 0.6) is 0 Å². The quantitative estimate of drug-likeness (QED) is 0.516. The molecule has 4 nitrogen and oxygen atoms in total. The third-order valence-electron chi connectivity index (χ3n) is 2.25. The highest BCUT2D eigenvalue weighted by molar-refractivity contribution is 5.54. The average Bonchev–Trinajstić information content (AvgIpc) is 2.24. The Morgan fingerprint density at radius 1 is 1.11 bits per heavy atom. The topological polar surface area (TPSA) is 69.2 Å². The van der Waals surface area contributed by atoms with Crippen LogP contribution in [0.4, 0.5) is 32.0 Å². The van der Waals surface area contributed by atoms with Gasteiger partial charge < -0.3 is 5.73 Å². The van der Waals surface area contributed by atoms with Crippen molar-refractivity contribution in [2.45, 2.75) is 18.9 Å². The molecule has 0 aliphatic carbocycles. The molecule has 0 atom stereocenters. The lowest BCUT2D eigenvalue weighted by atomic mass is 9.99. The average molecular weight is 288 g/mol. The monoisotopic (exact) mass is 288 g/mol. The first-order valence-electron chi connectivity index (χ1n) is 4.65. The molecule has 1 aromatic carbocycles. The van der Waals surface area contributed by atoms with Gasteiger partial charge in [0.1, 0.15) is 5.56 Å². The minimum absolute atomic E-state index is 0.137. The standard InChI is InChI=1S/C9H6F6N2O2/c10-8(11,12)5-2-1-4(3-16)7(17(18)19)6(5)9(13,14)15/h1-2H,3,16H2. The zero-order chi connectivity index (χ0) is 15.0. The van der Waals surface area contributed by atoms with Crippen molar-refractivity contribution < 1.29 is 31.3 Å². The van der Waals surface area contributed by atoms with Gasteiger partial charge in [0, 0.05) is 12.1 Å². The maximum Gasteiger partial charge on any atom is 0.423 e. The van der Waals surface area contributed by atoms with E-state index in [1.807, 2.05) is 0 Å². The number of nitro groups is 1.